The smallest absolute Gasteiger partial charge is 0.182 e. The lowest BCUT2D eigenvalue weighted by Crippen LogP contribution is -1.88. The Balaban J connectivity index is 1.95. The summed E-state index contributed by atoms with van der Waals surface area (Å²) in [6, 6.07) is 10.4. The molecule has 3 heterocycles. The van der Waals surface area contributed by atoms with Crippen LogP contribution in [0.15, 0.2) is 42.7 Å². The third-order valence-electron chi connectivity index (χ3n) is 3.76. The first kappa shape index (κ1) is 12.8. The number of hydrogen-bond acceptors (Lipinski definition) is 2. The fourth-order valence-corrected chi connectivity index (χ4v) is 3.49. The Hall–Kier alpha value is -1.89. The van der Waals surface area contributed by atoms with Gasteiger partial charge < -0.3 is 4.57 Å². The molecular weight excluding hydrogens is 375 g/mol. The molecule has 1 aromatic carbocycles. The van der Waals surface area contributed by atoms with Gasteiger partial charge in [0.05, 0.1) is 0 Å². The molecule has 5 heteroatoms. The van der Waals surface area contributed by atoms with Gasteiger partial charge in [-0.15, -0.1) is 5.10 Å². The lowest BCUT2D eigenvalue weighted by atomic mass is 10.1. The monoisotopic (exact) mass is 388 g/mol. The minimum Gasteiger partial charge on any atom is -0.349 e. The number of halogens is 1. The molecule has 4 aromatic rings. The van der Waals surface area contributed by atoms with Crippen molar-refractivity contribution in [2.75, 3.05) is 0 Å². The zero-order chi connectivity index (χ0) is 14.6. The first-order valence-electron chi connectivity index (χ1n) is 6.70. The lowest BCUT2D eigenvalue weighted by Gasteiger charge is -1.98. The molecule has 0 N–H and O–H groups in total. The Bertz CT molecular complexity index is 981. The van der Waals surface area contributed by atoms with Crippen molar-refractivity contribution in [3.63, 3.8) is 0 Å². The Morgan fingerprint density at radius 3 is 2.86 bits per heavy atom. The van der Waals surface area contributed by atoms with Crippen LogP contribution in [0.5, 0.6) is 0 Å². The molecule has 0 atom stereocenters. The van der Waals surface area contributed by atoms with E-state index in [9.17, 15) is 0 Å². The van der Waals surface area contributed by atoms with E-state index in [2.05, 4.69) is 81.7 Å². The molecule has 0 spiro atoms. The van der Waals surface area contributed by atoms with Gasteiger partial charge in [-0.3, -0.25) is 0 Å². The molecule has 0 radical (unpaired) electrons. The van der Waals surface area contributed by atoms with Gasteiger partial charge in [-0.1, -0.05) is 6.07 Å². The predicted molar refractivity (Wildman–Crippen MR) is 92.4 cm³/mol. The number of pyridine rings is 1. The van der Waals surface area contributed by atoms with Gasteiger partial charge in [-0.25, -0.2) is 9.50 Å². The highest BCUT2D eigenvalue weighted by Gasteiger charge is 2.11. The summed E-state index contributed by atoms with van der Waals surface area (Å²) in [6.07, 6.45) is 4.07. The summed E-state index contributed by atoms with van der Waals surface area (Å²) in [5.74, 6) is 0.769. The quantitative estimate of drug-likeness (QED) is 0.465. The number of fused-ring (bicyclic) bond motifs is 2. The second-order valence-corrected chi connectivity index (χ2v) is 6.38. The fourth-order valence-electron chi connectivity index (χ4n) is 2.64. The van der Waals surface area contributed by atoms with Crippen LogP contribution in [-0.4, -0.2) is 19.2 Å². The number of rotatable bonds is 1. The highest BCUT2D eigenvalue weighted by atomic mass is 127. The van der Waals surface area contributed by atoms with Gasteiger partial charge in [0.15, 0.2) is 11.5 Å². The maximum atomic E-state index is 4.67. The molecule has 0 fully saturated rings. The van der Waals surface area contributed by atoms with Crippen LogP contribution in [-0.2, 0) is 7.05 Å². The highest BCUT2D eigenvalue weighted by molar-refractivity contribution is 14.1. The van der Waals surface area contributed by atoms with Crippen molar-refractivity contribution in [3.05, 3.63) is 51.9 Å². The maximum absolute atomic E-state index is 4.67. The fraction of sp³-hybridized carbons (Fsp3) is 0.125. The van der Waals surface area contributed by atoms with E-state index in [4.69, 9.17) is 0 Å². The molecule has 0 amide bonds. The Labute approximate surface area is 135 Å². The van der Waals surface area contributed by atoms with Gasteiger partial charge in [-0.05, 0) is 59.3 Å². The second-order valence-electron chi connectivity index (χ2n) is 5.21. The van der Waals surface area contributed by atoms with E-state index < -0.39 is 0 Å². The number of aryl methyl sites for hydroxylation is 2. The molecule has 0 aliphatic carbocycles. The van der Waals surface area contributed by atoms with Crippen molar-refractivity contribution in [1.82, 2.24) is 19.2 Å². The molecule has 0 unspecified atom stereocenters. The molecule has 4 rings (SSSR count). The Kier molecular flexibility index (Phi) is 2.78. The minimum absolute atomic E-state index is 0.769. The second kappa shape index (κ2) is 4.56. The van der Waals surface area contributed by atoms with E-state index in [1.807, 2.05) is 16.8 Å². The summed E-state index contributed by atoms with van der Waals surface area (Å²) >= 11 is 2.37. The largest absolute Gasteiger partial charge is 0.349 e. The third kappa shape index (κ3) is 1.95. The molecule has 0 bridgehead atoms. The van der Waals surface area contributed by atoms with Crippen molar-refractivity contribution < 1.29 is 0 Å². The van der Waals surface area contributed by atoms with Crippen molar-refractivity contribution >= 4 is 39.1 Å². The van der Waals surface area contributed by atoms with Crippen LogP contribution in [0.25, 0.3) is 27.9 Å². The van der Waals surface area contributed by atoms with E-state index in [1.54, 1.807) is 0 Å². The highest BCUT2D eigenvalue weighted by Crippen LogP contribution is 2.27. The van der Waals surface area contributed by atoms with Crippen LogP contribution < -0.4 is 0 Å². The van der Waals surface area contributed by atoms with E-state index in [0.29, 0.717) is 0 Å². The number of hydrogen-bond donors (Lipinski definition) is 0. The topological polar surface area (TPSA) is 35.1 Å². The molecule has 104 valence electrons. The average Bonchev–Trinajstić information content (AvgIpc) is 3.02. The van der Waals surface area contributed by atoms with Gasteiger partial charge in [0, 0.05) is 39.5 Å². The number of aromatic nitrogens is 4. The maximum Gasteiger partial charge on any atom is 0.182 e. The summed E-state index contributed by atoms with van der Waals surface area (Å²) in [4.78, 5) is 4.67. The van der Waals surface area contributed by atoms with Crippen LogP contribution in [0, 0.1) is 10.5 Å². The summed E-state index contributed by atoms with van der Waals surface area (Å²) in [6.45, 7) is 2.05. The summed E-state index contributed by atoms with van der Waals surface area (Å²) in [5, 5.41) is 5.83. The van der Waals surface area contributed by atoms with Gasteiger partial charge in [0.2, 0.25) is 0 Å². The van der Waals surface area contributed by atoms with Gasteiger partial charge in [-0.2, -0.15) is 0 Å². The average molecular weight is 388 g/mol. The van der Waals surface area contributed by atoms with Crippen LogP contribution in [0.1, 0.15) is 5.56 Å². The number of nitrogens with zero attached hydrogens (tertiary/aromatic N) is 4. The summed E-state index contributed by atoms with van der Waals surface area (Å²) < 4.78 is 5.22. The molecule has 0 saturated carbocycles. The minimum atomic E-state index is 0.769. The Morgan fingerprint density at radius 2 is 2.05 bits per heavy atom. The van der Waals surface area contributed by atoms with Gasteiger partial charge >= 0.3 is 0 Å². The van der Waals surface area contributed by atoms with Crippen molar-refractivity contribution in [2.45, 2.75) is 6.92 Å². The van der Waals surface area contributed by atoms with Crippen molar-refractivity contribution in [3.8, 4) is 11.4 Å². The molecular formula is C16H13IN4. The van der Waals surface area contributed by atoms with Crippen LogP contribution in [0.2, 0.25) is 0 Å². The standard InChI is InChI=1S/C16H13IN4/c1-10-4-3-7-21-16(10)18-15(19-21)11-5-6-14-12(8-11)13(17)9-20(14)2/h3-9H,1-2H3. The van der Waals surface area contributed by atoms with Crippen LogP contribution >= 0.6 is 22.6 Å². The van der Waals surface area contributed by atoms with E-state index in [0.717, 1.165) is 22.6 Å². The molecule has 4 nitrogen and oxygen atoms in total. The summed E-state index contributed by atoms with van der Waals surface area (Å²) in [7, 11) is 2.07. The van der Waals surface area contributed by atoms with Crippen molar-refractivity contribution in [2.24, 2.45) is 7.05 Å². The third-order valence-corrected chi connectivity index (χ3v) is 4.62. The van der Waals surface area contributed by atoms with Crippen LogP contribution in [0.4, 0.5) is 0 Å². The molecule has 0 saturated heterocycles. The van der Waals surface area contributed by atoms with Crippen molar-refractivity contribution in [1.29, 1.82) is 0 Å². The summed E-state index contributed by atoms with van der Waals surface area (Å²) in [5.41, 5.74) is 4.32. The SMILES string of the molecule is Cc1cccn2nc(-c3ccc4c(c3)c(I)cn4C)nc12. The van der Waals surface area contributed by atoms with Gasteiger partial charge in [0.1, 0.15) is 0 Å². The molecule has 3 aromatic heterocycles. The lowest BCUT2D eigenvalue weighted by molar-refractivity contribution is 0.960. The predicted octanol–water partition coefficient (Wildman–Crippen LogP) is 3.80. The van der Waals surface area contributed by atoms with E-state index in [-0.39, 0.29) is 0 Å². The van der Waals surface area contributed by atoms with Crippen LogP contribution in [0.3, 0.4) is 0 Å². The Morgan fingerprint density at radius 1 is 1.19 bits per heavy atom. The normalized spacial score (nSPS) is 11.6. The van der Waals surface area contributed by atoms with Gasteiger partial charge in [0.25, 0.3) is 0 Å². The molecule has 0 aliphatic heterocycles. The molecule has 0 aliphatic rings. The van der Waals surface area contributed by atoms with E-state index >= 15 is 0 Å². The molecule has 21 heavy (non-hydrogen) atoms. The number of benzene rings is 1. The zero-order valence-electron chi connectivity index (χ0n) is 11.7. The first-order valence-corrected chi connectivity index (χ1v) is 7.78. The van der Waals surface area contributed by atoms with E-state index in [1.165, 1.54) is 14.5 Å². The zero-order valence-corrected chi connectivity index (χ0v) is 13.9. The first-order chi connectivity index (χ1) is 10.1.